The summed E-state index contributed by atoms with van der Waals surface area (Å²) in [6.07, 6.45) is 1.51. The fraction of sp³-hybridized carbons (Fsp3) is 0.348. The number of fused-ring (bicyclic) bond motifs is 1. The molecule has 0 fully saturated rings. The summed E-state index contributed by atoms with van der Waals surface area (Å²) in [5.74, 6) is -0.989. The lowest BCUT2D eigenvalue weighted by Crippen LogP contribution is -2.42. The molecule has 0 radical (unpaired) electrons. The van der Waals surface area contributed by atoms with Crippen LogP contribution < -0.4 is 21.5 Å². The molecule has 5 N–H and O–H groups in total. The number of carbonyl (C=O) groups excluding carboxylic acids is 3. The van der Waals surface area contributed by atoms with Gasteiger partial charge in [0.15, 0.2) is 17.0 Å². The van der Waals surface area contributed by atoms with Gasteiger partial charge in [-0.15, -0.1) is 0 Å². The van der Waals surface area contributed by atoms with Crippen molar-refractivity contribution in [1.29, 1.82) is 0 Å². The van der Waals surface area contributed by atoms with Crippen LogP contribution in [-0.2, 0) is 25.7 Å². The molecule has 0 aliphatic carbocycles. The second-order valence-electron chi connectivity index (χ2n) is 7.44. The number of rotatable bonds is 11. The summed E-state index contributed by atoms with van der Waals surface area (Å²) in [6.45, 7) is 3.80. The first kappa shape index (κ1) is 26.1. The Labute approximate surface area is 206 Å². The van der Waals surface area contributed by atoms with Gasteiger partial charge in [-0.3, -0.25) is 9.59 Å². The Bertz CT molecular complexity index is 1240. The molecule has 0 spiro atoms. The molecular formula is C23H27N7O6. The molecule has 13 heteroatoms. The first-order valence-electron chi connectivity index (χ1n) is 11.2. The predicted octanol–water partition coefficient (Wildman–Crippen LogP) is 1.17. The highest BCUT2D eigenvalue weighted by molar-refractivity contribution is 5.97. The molecule has 190 valence electrons. The number of hydrogen-bond donors (Lipinski definition) is 3. The Kier molecular flexibility index (Phi) is 8.86. The number of esters is 2. The highest BCUT2D eigenvalue weighted by atomic mass is 16.5. The van der Waals surface area contributed by atoms with Crippen molar-refractivity contribution < 1.29 is 28.6 Å². The zero-order chi connectivity index (χ0) is 26.1. The van der Waals surface area contributed by atoms with Gasteiger partial charge in [0.05, 0.1) is 25.1 Å². The molecular weight excluding hydrogens is 470 g/mol. The fourth-order valence-electron chi connectivity index (χ4n) is 3.14. The average molecular weight is 498 g/mol. The number of carbonyl (C=O) groups is 3. The predicted molar refractivity (Wildman–Crippen MR) is 128 cm³/mol. The summed E-state index contributed by atoms with van der Waals surface area (Å²) in [5, 5.41) is 2.61. The van der Waals surface area contributed by atoms with Crippen molar-refractivity contribution in [1.82, 2.24) is 25.3 Å². The number of aromatic nitrogens is 4. The van der Waals surface area contributed by atoms with Gasteiger partial charge >= 0.3 is 11.9 Å². The van der Waals surface area contributed by atoms with Gasteiger partial charge in [0.25, 0.3) is 5.91 Å². The Hall–Kier alpha value is -4.55. The maximum Gasteiger partial charge on any atom is 0.328 e. The van der Waals surface area contributed by atoms with Crippen molar-refractivity contribution in [3.8, 4) is 5.75 Å². The first-order chi connectivity index (χ1) is 17.3. The quantitative estimate of drug-likeness (QED) is 0.320. The molecule has 0 aliphatic heterocycles. The van der Waals surface area contributed by atoms with Crippen LogP contribution >= 0.6 is 0 Å². The number of nitrogens with one attached hydrogen (secondary N) is 1. The third-order valence-electron chi connectivity index (χ3n) is 4.82. The maximum atomic E-state index is 12.7. The van der Waals surface area contributed by atoms with E-state index in [0.717, 1.165) is 0 Å². The van der Waals surface area contributed by atoms with Crippen LogP contribution in [0.25, 0.3) is 11.2 Å². The van der Waals surface area contributed by atoms with Gasteiger partial charge in [0.2, 0.25) is 5.95 Å². The monoisotopic (exact) mass is 497 g/mol. The minimum atomic E-state index is -0.990. The Morgan fingerprint density at radius 3 is 2.42 bits per heavy atom. The van der Waals surface area contributed by atoms with Crippen molar-refractivity contribution in [2.24, 2.45) is 0 Å². The van der Waals surface area contributed by atoms with E-state index in [1.807, 2.05) is 0 Å². The zero-order valence-electron chi connectivity index (χ0n) is 19.9. The normalized spacial score (nSPS) is 11.5. The summed E-state index contributed by atoms with van der Waals surface area (Å²) in [7, 11) is 0. The molecule has 2 aromatic heterocycles. The third kappa shape index (κ3) is 6.98. The number of amides is 1. The van der Waals surface area contributed by atoms with E-state index in [1.165, 1.54) is 6.20 Å². The van der Waals surface area contributed by atoms with Crippen LogP contribution in [0, 0.1) is 0 Å². The number of nitrogens with zero attached hydrogens (tertiary/aromatic N) is 4. The molecule has 1 amide bonds. The highest BCUT2D eigenvalue weighted by Crippen LogP contribution is 2.17. The largest absolute Gasteiger partial charge is 0.487 e. The zero-order valence-corrected chi connectivity index (χ0v) is 19.9. The van der Waals surface area contributed by atoms with Crippen molar-refractivity contribution in [2.75, 3.05) is 24.7 Å². The number of anilines is 2. The highest BCUT2D eigenvalue weighted by Gasteiger charge is 2.24. The molecule has 0 aliphatic rings. The molecule has 1 atom stereocenters. The van der Waals surface area contributed by atoms with E-state index in [4.69, 9.17) is 25.7 Å². The number of ether oxygens (including phenoxy) is 3. The van der Waals surface area contributed by atoms with Gasteiger partial charge in [0, 0.05) is 12.0 Å². The van der Waals surface area contributed by atoms with E-state index < -0.39 is 23.9 Å². The number of nitrogens with two attached hydrogens (primary N) is 2. The summed E-state index contributed by atoms with van der Waals surface area (Å²) >= 11 is 0. The average Bonchev–Trinajstić information content (AvgIpc) is 2.85. The van der Waals surface area contributed by atoms with Crippen LogP contribution in [0.5, 0.6) is 5.75 Å². The maximum absolute atomic E-state index is 12.7. The first-order valence-corrected chi connectivity index (χ1v) is 11.2. The molecule has 0 saturated heterocycles. The van der Waals surface area contributed by atoms with Crippen LogP contribution in [0.2, 0.25) is 0 Å². The Morgan fingerprint density at radius 2 is 1.72 bits per heavy atom. The van der Waals surface area contributed by atoms with Crippen molar-refractivity contribution in [2.45, 2.75) is 39.3 Å². The Morgan fingerprint density at radius 1 is 1.00 bits per heavy atom. The minimum Gasteiger partial charge on any atom is -0.487 e. The van der Waals surface area contributed by atoms with Crippen LogP contribution in [-0.4, -0.2) is 57.0 Å². The molecule has 2 heterocycles. The lowest BCUT2D eigenvalue weighted by molar-refractivity contribution is -0.146. The lowest BCUT2D eigenvalue weighted by Gasteiger charge is -2.17. The topological polar surface area (TPSA) is 195 Å². The van der Waals surface area contributed by atoms with Crippen LogP contribution in [0.15, 0.2) is 30.5 Å². The smallest absolute Gasteiger partial charge is 0.328 e. The van der Waals surface area contributed by atoms with Crippen LogP contribution in [0.3, 0.4) is 0 Å². The van der Waals surface area contributed by atoms with Crippen molar-refractivity contribution in [3.05, 3.63) is 41.7 Å². The van der Waals surface area contributed by atoms with Crippen molar-refractivity contribution >= 4 is 40.8 Å². The molecule has 13 nitrogen and oxygen atoms in total. The molecule has 1 aromatic carbocycles. The summed E-state index contributed by atoms with van der Waals surface area (Å²) in [4.78, 5) is 52.9. The standard InChI is InChI=1S/C23H27N7O6/c1-3-34-17(31)10-9-16(22(33)35-4-2)28-21(32)13-5-7-15(8-6-13)36-12-14-11-26-20-18(27-14)19(24)29-23(25)30-20/h5-8,11,16H,3-4,9-10,12H2,1-2H3,(H,28,32)(H4,24,25,26,29,30)/t16-/m1/s1. The van der Waals surface area contributed by atoms with Gasteiger partial charge in [-0.2, -0.15) is 9.97 Å². The van der Waals surface area contributed by atoms with E-state index in [-0.39, 0.29) is 50.1 Å². The van der Waals surface area contributed by atoms with E-state index in [1.54, 1.807) is 38.1 Å². The summed E-state index contributed by atoms with van der Waals surface area (Å²) < 4.78 is 15.6. The molecule has 3 rings (SSSR count). The molecule has 0 saturated carbocycles. The number of benzene rings is 1. The minimum absolute atomic E-state index is 0.00926. The SMILES string of the molecule is CCOC(=O)CC[C@@H](NC(=O)c1ccc(OCc2cnc3nc(N)nc(N)c3n2)cc1)C(=O)OCC. The van der Waals surface area contributed by atoms with E-state index in [2.05, 4.69) is 25.3 Å². The summed E-state index contributed by atoms with van der Waals surface area (Å²) in [6, 6.07) is 5.28. The molecule has 0 unspecified atom stereocenters. The van der Waals surface area contributed by atoms with E-state index >= 15 is 0 Å². The van der Waals surface area contributed by atoms with Crippen LogP contribution in [0.4, 0.5) is 11.8 Å². The van der Waals surface area contributed by atoms with Crippen LogP contribution in [0.1, 0.15) is 42.7 Å². The fourth-order valence-corrected chi connectivity index (χ4v) is 3.14. The number of hydrogen-bond acceptors (Lipinski definition) is 12. The molecule has 3 aromatic rings. The van der Waals surface area contributed by atoms with Crippen molar-refractivity contribution in [3.63, 3.8) is 0 Å². The van der Waals surface area contributed by atoms with Gasteiger partial charge in [0.1, 0.15) is 18.4 Å². The summed E-state index contributed by atoms with van der Waals surface area (Å²) in [5.41, 5.74) is 12.8. The van der Waals surface area contributed by atoms with E-state index in [0.29, 0.717) is 22.5 Å². The lowest BCUT2D eigenvalue weighted by atomic mass is 10.1. The van der Waals surface area contributed by atoms with Gasteiger partial charge < -0.3 is 31.0 Å². The van der Waals surface area contributed by atoms with Gasteiger partial charge in [-0.05, 0) is 44.5 Å². The van der Waals surface area contributed by atoms with Gasteiger partial charge in [-0.25, -0.2) is 14.8 Å². The third-order valence-corrected chi connectivity index (χ3v) is 4.82. The Balaban J connectivity index is 1.61. The van der Waals surface area contributed by atoms with E-state index in [9.17, 15) is 14.4 Å². The number of nitrogen functional groups attached to an aromatic ring is 2. The molecule has 0 bridgehead atoms. The van der Waals surface area contributed by atoms with Gasteiger partial charge in [-0.1, -0.05) is 0 Å². The second kappa shape index (κ2) is 12.2. The molecule has 36 heavy (non-hydrogen) atoms. The second-order valence-corrected chi connectivity index (χ2v) is 7.44.